The van der Waals surface area contributed by atoms with Crippen LogP contribution in [0.1, 0.15) is 6.42 Å². The van der Waals surface area contributed by atoms with Gasteiger partial charge in [-0.2, -0.15) is 0 Å². The minimum absolute atomic E-state index is 0.164. The third-order valence-corrected chi connectivity index (χ3v) is 4.60. The number of carbonyl (C=O) groups excluding carboxylic acids is 2. The lowest BCUT2D eigenvalue weighted by Gasteiger charge is -2.21. The molecule has 0 saturated carbocycles. The first-order valence-electron chi connectivity index (χ1n) is 7.77. The topological polar surface area (TPSA) is 107 Å². The molecule has 1 aliphatic heterocycles. The largest absolute Gasteiger partial charge is 0.369 e. The number of urea groups is 1. The van der Waals surface area contributed by atoms with Gasteiger partial charge in [-0.1, -0.05) is 0 Å². The Morgan fingerprint density at radius 3 is 2.96 bits per heavy atom. The molecule has 4 N–H and O–H groups in total. The van der Waals surface area contributed by atoms with Crippen LogP contribution < -0.4 is 11.1 Å². The summed E-state index contributed by atoms with van der Waals surface area (Å²) < 4.78 is 0. The molecule has 3 heterocycles. The zero-order valence-corrected chi connectivity index (χ0v) is 14.0. The molecule has 1 fully saturated rings. The molecule has 0 unspecified atom stereocenters. The third-order valence-electron chi connectivity index (χ3n) is 3.85. The fourth-order valence-corrected chi connectivity index (χ4v) is 3.37. The summed E-state index contributed by atoms with van der Waals surface area (Å²) in [7, 11) is 0. The number of anilines is 1. The van der Waals surface area contributed by atoms with Crippen molar-refractivity contribution in [3.63, 3.8) is 0 Å². The molecule has 0 spiro atoms. The predicted molar refractivity (Wildman–Crippen MR) is 92.7 cm³/mol. The lowest BCUT2D eigenvalue weighted by atomic mass is 10.3. The van der Waals surface area contributed by atoms with Crippen LogP contribution >= 0.6 is 11.3 Å². The number of carbonyl (C=O) groups is 2. The van der Waals surface area contributed by atoms with Crippen LogP contribution in [0, 0.1) is 0 Å². The highest BCUT2D eigenvalue weighted by Crippen LogP contribution is 2.23. The zero-order valence-electron chi connectivity index (χ0n) is 13.2. The summed E-state index contributed by atoms with van der Waals surface area (Å²) in [6.07, 6.45) is 2.65. The summed E-state index contributed by atoms with van der Waals surface area (Å²) in [6, 6.07) is 3.67. The van der Waals surface area contributed by atoms with E-state index in [0.717, 1.165) is 24.4 Å². The second-order valence-corrected chi connectivity index (χ2v) is 6.49. The molecule has 1 aliphatic rings. The molecule has 2 aromatic rings. The number of amides is 3. The van der Waals surface area contributed by atoms with Crippen molar-refractivity contribution < 1.29 is 9.59 Å². The standard InChI is InChI=1S/C15H20N6O2S/c16-13(22)9-20-5-2-6-21(8-7-20)15(23)19-14-18-12(10-24-14)11-3-1-4-17-11/h1,3-4,10,17H,2,5-9H2,(H2,16,22)(H,18,19,23). The quantitative estimate of drug-likeness (QED) is 0.770. The number of primary amides is 1. The van der Waals surface area contributed by atoms with E-state index in [-0.39, 0.29) is 18.5 Å². The van der Waals surface area contributed by atoms with E-state index in [0.29, 0.717) is 24.8 Å². The summed E-state index contributed by atoms with van der Waals surface area (Å²) in [5.41, 5.74) is 6.96. The van der Waals surface area contributed by atoms with Gasteiger partial charge in [0.05, 0.1) is 17.9 Å². The number of aromatic nitrogens is 2. The van der Waals surface area contributed by atoms with Crippen molar-refractivity contribution in [1.82, 2.24) is 19.8 Å². The van der Waals surface area contributed by atoms with Crippen LogP contribution in [0.4, 0.5) is 9.93 Å². The highest BCUT2D eigenvalue weighted by molar-refractivity contribution is 7.14. The fraction of sp³-hybridized carbons (Fsp3) is 0.400. The van der Waals surface area contributed by atoms with Crippen molar-refractivity contribution in [3.05, 3.63) is 23.7 Å². The number of nitrogens with one attached hydrogen (secondary N) is 2. The molecular weight excluding hydrogens is 328 g/mol. The minimum Gasteiger partial charge on any atom is -0.369 e. The molecule has 1 saturated heterocycles. The maximum absolute atomic E-state index is 12.4. The molecule has 24 heavy (non-hydrogen) atoms. The average Bonchev–Trinajstić information content (AvgIpc) is 3.16. The third kappa shape index (κ3) is 4.12. The number of hydrogen-bond donors (Lipinski definition) is 3. The minimum atomic E-state index is -0.340. The lowest BCUT2D eigenvalue weighted by molar-refractivity contribution is -0.119. The Kier molecular flexibility index (Phi) is 5.11. The van der Waals surface area contributed by atoms with Crippen molar-refractivity contribution in [1.29, 1.82) is 0 Å². The second kappa shape index (κ2) is 7.45. The van der Waals surface area contributed by atoms with Crippen molar-refractivity contribution in [2.24, 2.45) is 5.73 Å². The van der Waals surface area contributed by atoms with Crippen LogP contribution in [0.25, 0.3) is 11.4 Å². The molecule has 8 nitrogen and oxygen atoms in total. The SMILES string of the molecule is NC(=O)CN1CCCN(C(=O)Nc2nc(-c3ccc[nH]3)cs2)CC1. The van der Waals surface area contributed by atoms with E-state index in [1.165, 1.54) is 11.3 Å². The summed E-state index contributed by atoms with van der Waals surface area (Å²) >= 11 is 1.39. The molecule has 9 heteroatoms. The number of thiazole rings is 1. The number of hydrogen-bond acceptors (Lipinski definition) is 5. The second-order valence-electron chi connectivity index (χ2n) is 5.63. The van der Waals surface area contributed by atoms with Gasteiger partial charge in [-0.25, -0.2) is 9.78 Å². The maximum Gasteiger partial charge on any atom is 0.323 e. The van der Waals surface area contributed by atoms with Crippen molar-refractivity contribution in [2.45, 2.75) is 6.42 Å². The van der Waals surface area contributed by atoms with E-state index in [4.69, 9.17) is 5.73 Å². The summed E-state index contributed by atoms with van der Waals surface area (Å²) in [6.45, 7) is 2.86. The molecular formula is C15H20N6O2S. The number of aromatic amines is 1. The van der Waals surface area contributed by atoms with E-state index in [2.05, 4.69) is 15.3 Å². The van der Waals surface area contributed by atoms with Crippen LogP contribution in [0.5, 0.6) is 0 Å². The first kappa shape index (κ1) is 16.5. The Morgan fingerprint density at radius 1 is 1.33 bits per heavy atom. The van der Waals surface area contributed by atoms with E-state index < -0.39 is 0 Å². The van der Waals surface area contributed by atoms with Crippen LogP contribution in [-0.4, -0.2) is 64.4 Å². The first-order chi connectivity index (χ1) is 11.6. The maximum atomic E-state index is 12.4. The molecule has 0 aliphatic carbocycles. The molecule has 128 valence electrons. The summed E-state index contributed by atoms with van der Waals surface area (Å²) in [5, 5.41) is 5.32. The van der Waals surface area contributed by atoms with E-state index >= 15 is 0 Å². The van der Waals surface area contributed by atoms with Crippen LogP contribution in [-0.2, 0) is 4.79 Å². The Bertz CT molecular complexity index is 699. The Hall–Kier alpha value is -2.39. The molecule has 0 radical (unpaired) electrons. The van der Waals surface area contributed by atoms with Gasteiger partial charge in [-0.15, -0.1) is 11.3 Å². The molecule has 3 rings (SSSR count). The van der Waals surface area contributed by atoms with Gasteiger partial charge in [-0.3, -0.25) is 15.0 Å². The Labute approximate surface area is 143 Å². The van der Waals surface area contributed by atoms with E-state index in [1.807, 2.05) is 28.6 Å². The van der Waals surface area contributed by atoms with Gasteiger partial charge in [0.15, 0.2) is 5.13 Å². The fourth-order valence-electron chi connectivity index (χ4n) is 2.67. The number of nitrogens with zero attached hydrogens (tertiary/aromatic N) is 3. The molecule has 0 atom stereocenters. The number of H-pyrrole nitrogens is 1. The van der Waals surface area contributed by atoms with Crippen LogP contribution in [0.15, 0.2) is 23.7 Å². The monoisotopic (exact) mass is 348 g/mol. The smallest absolute Gasteiger partial charge is 0.323 e. The Balaban J connectivity index is 1.56. The Morgan fingerprint density at radius 2 is 2.21 bits per heavy atom. The van der Waals surface area contributed by atoms with Gasteiger partial charge in [0.1, 0.15) is 0 Å². The highest BCUT2D eigenvalue weighted by Gasteiger charge is 2.20. The van der Waals surface area contributed by atoms with Gasteiger partial charge in [-0.05, 0) is 18.6 Å². The molecule has 0 bridgehead atoms. The lowest BCUT2D eigenvalue weighted by Crippen LogP contribution is -2.39. The zero-order chi connectivity index (χ0) is 16.9. The normalized spacial score (nSPS) is 15.9. The highest BCUT2D eigenvalue weighted by atomic mass is 32.1. The van der Waals surface area contributed by atoms with Gasteiger partial charge in [0.25, 0.3) is 0 Å². The van der Waals surface area contributed by atoms with Crippen LogP contribution in [0.3, 0.4) is 0 Å². The summed E-state index contributed by atoms with van der Waals surface area (Å²) in [4.78, 5) is 34.7. The van der Waals surface area contributed by atoms with E-state index in [9.17, 15) is 9.59 Å². The number of rotatable bonds is 4. The first-order valence-corrected chi connectivity index (χ1v) is 8.65. The molecule has 3 amide bonds. The van der Waals surface area contributed by atoms with Gasteiger partial charge >= 0.3 is 6.03 Å². The van der Waals surface area contributed by atoms with E-state index in [1.54, 1.807) is 4.90 Å². The predicted octanol–water partition coefficient (Wildman–Crippen LogP) is 1.16. The van der Waals surface area contributed by atoms with Gasteiger partial charge in [0, 0.05) is 37.8 Å². The van der Waals surface area contributed by atoms with Gasteiger partial charge < -0.3 is 15.6 Å². The van der Waals surface area contributed by atoms with Crippen molar-refractivity contribution in [2.75, 3.05) is 38.0 Å². The van der Waals surface area contributed by atoms with Gasteiger partial charge in [0.2, 0.25) is 5.91 Å². The molecule has 2 aromatic heterocycles. The average molecular weight is 348 g/mol. The van der Waals surface area contributed by atoms with Crippen molar-refractivity contribution in [3.8, 4) is 11.4 Å². The number of nitrogens with two attached hydrogens (primary N) is 1. The molecule has 0 aromatic carbocycles. The van der Waals surface area contributed by atoms with Crippen LogP contribution in [0.2, 0.25) is 0 Å². The van der Waals surface area contributed by atoms with Crippen molar-refractivity contribution >= 4 is 28.4 Å². The summed E-state index contributed by atoms with van der Waals surface area (Å²) in [5.74, 6) is -0.340.